The Balaban J connectivity index is 1.96. The molecular weight excluding hydrogens is 286 g/mol. The maximum Gasteiger partial charge on any atom is 0.177 e. The van der Waals surface area contributed by atoms with Crippen LogP contribution in [0, 0.1) is 4.77 Å². The first-order valence-corrected chi connectivity index (χ1v) is 7.51. The van der Waals surface area contributed by atoms with Gasteiger partial charge in [-0.15, -0.1) is 0 Å². The van der Waals surface area contributed by atoms with Crippen molar-refractivity contribution in [1.82, 2.24) is 9.55 Å². The molecule has 4 N–H and O–H groups in total. The Hall–Kier alpha value is -1.79. The van der Waals surface area contributed by atoms with Crippen LogP contribution in [0.25, 0.3) is 0 Å². The van der Waals surface area contributed by atoms with Crippen LogP contribution in [-0.4, -0.2) is 21.3 Å². The lowest BCUT2D eigenvalue weighted by Gasteiger charge is -2.28. The fourth-order valence-corrected chi connectivity index (χ4v) is 3.11. The van der Waals surface area contributed by atoms with Gasteiger partial charge in [-0.3, -0.25) is 0 Å². The van der Waals surface area contributed by atoms with E-state index in [1.165, 1.54) is 0 Å². The molecule has 0 bridgehead atoms. The van der Waals surface area contributed by atoms with E-state index in [1.54, 1.807) is 18.2 Å². The Morgan fingerprint density at radius 2 is 2.38 bits per heavy atom. The van der Waals surface area contributed by atoms with Crippen molar-refractivity contribution in [2.45, 2.75) is 31.8 Å². The molecule has 6 heteroatoms. The van der Waals surface area contributed by atoms with Crippen LogP contribution in [0.15, 0.2) is 24.4 Å². The molecule has 1 aliphatic rings. The molecule has 1 aliphatic heterocycles. The van der Waals surface area contributed by atoms with Gasteiger partial charge in [0.05, 0.1) is 11.7 Å². The molecule has 0 spiro atoms. The van der Waals surface area contributed by atoms with Crippen LogP contribution in [0.4, 0.5) is 0 Å². The number of nitrogens with zero attached hydrogens (tertiary/aromatic N) is 1. The number of hydrogen-bond donors (Lipinski definition) is 3. The molecule has 1 aromatic heterocycles. The van der Waals surface area contributed by atoms with E-state index < -0.39 is 0 Å². The zero-order valence-electron chi connectivity index (χ0n) is 11.9. The first-order chi connectivity index (χ1) is 10.1. The van der Waals surface area contributed by atoms with Gasteiger partial charge >= 0.3 is 0 Å². The van der Waals surface area contributed by atoms with Crippen LogP contribution in [0.3, 0.4) is 0 Å². The average Bonchev–Trinajstić information content (AvgIpc) is 2.87. The van der Waals surface area contributed by atoms with Gasteiger partial charge < -0.3 is 25.1 Å². The van der Waals surface area contributed by atoms with Gasteiger partial charge in [0.2, 0.25) is 0 Å². The summed E-state index contributed by atoms with van der Waals surface area (Å²) in [6.45, 7) is 2.60. The number of aromatic nitrogens is 2. The summed E-state index contributed by atoms with van der Waals surface area (Å²) in [5.41, 5.74) is 8.16. The van der Waals surface area contributed by atoms with Gasteiger partial charge in [0.25, 0.3) is 0 Å². The lowest BCUT2D eigenvalue weighted by atomic mass is 10.0. The second-order valence-electron chi connectivity index (χ2n) is 5.36. The van der Waals surface area contributed by atoms with Crippen molar-refractivity contribution in [1.29, 1.82) is 0 Å². The van der Waals surface area contributed by atoms with Crippen LogP contribution in [0.1, 0.15) is 36.7 Å². The second kappa shape index (κ2) is 5.54. The number of phenolic OH excluding ortho intramolecular Hbond substituents is 1. The molecule has 3 rings (SSSR count). The summed E-state index contributed by atoms with van der Waals surface area (Å²) >= 11 is 5.39. The first kappa shape index (κ1) is 14.2. The molecule has 0 saturated carbocycles. The molecule has 2 aromatic rings. The summed E-state index contributed by atoms with van der Waals surface area (Å²) in [6.07, 6.45) is 3.49. The number of rotatable bonds is 3. The summed E-state index contributed by atoms with van der Waals surface area (Å²) in [6, 6.07) is 5.22. The maximum absolute atomic E-state index is 9.63. The highest BCUT2D eigenvalue weighted by molar-refractivity contribution is 7.71. The summed E-state index contributed by atoms with van der Waals surface area (Å²) in [7, 11) is 0. The summed E-state index contributed by atoms with van der Waals surface area (Å²) in [5, 5.41) is 9.63. The van der Waals surface area contributed by atoms with E-state index >= 15 is 0 Å². The number of nitrogens with two attached hydrogens (primary N) is 1. The van der Waals surface area contributed by atoms with Gasteiger partial charge in [-0.2, -0.15) is 0 Å². The number of ether oxygens (including phenoxy) is 1. The van der Waals surface area contributed by atoms with Crippen LogP contribution < -0.4 is 10.5 Å². The molecule has 0 amide bonds. The fraction of sp³-hybridized carbons (Fsp3) is 0.400. The molecule has 0 aliphatic carbocycles. The lowest BCUT2D eigenvalue weighted by molar-refractivity contribution is 0.218. The molecule has 0 saturated heterocycles. The zero-order chi connectivity index (χ0) is 15.0. The van der Waals surface area contributed by atoms with Gasteiger partial charge in [-0.25, -0.2) is 0 Å². The second-order valence-corrected chi connectivity index (χ2v) is 5.75. The zero-order valence-corrected chi connectivity index (χ0v) is 12.7. The largest absolute Gasteiger partial charge is 0.508 e. The molecule has 1 aromatic carbocycles. The molecular formula is C15H19N3O2S. The number of phenols is 1. The van der Waals surface area contributed by atoms with Crippen LogP contribution >= 0.6 is 12.2 Å². The minimum atomic E-state index is -0.0523. The van der Waals surface area contributed by atoms with Gasteiger partial charge in [0.15, 0.2) is 4.77 Å². The number of aromatic amines is 1. The minimum Gasteiger partial charge on any atom is -0.508 e. The Kier molecular flexibility index (Phi) is 3.73. The Morgan fingerprint density at radius 3 is 3.14 bits per heavy atom. The highest BCUT2D eigenvalue weighted by Crippen LogP contribution is 2.33. The molecule has 5 nitrogen and oxygen atoms in total. The summed E-state index contributed by atoms with van der Waals surface area (Å²) < 4.78 is 8.52. The normalized spacial score (nSPS) is 18.9. The SMILES string of the molecule is CCC(N)c1c[nH]c(=S)n1C1COc2ccc(O)cc2C1. The van der Waals surface area contributed by atoms with E-state index in [0.717, 1.165) is 29.8 Å². The number of fused-ring (bicyclic) bond motifs is 1. The van der Waals surface area contributed by atoms with Crippen molar-refractivity contribution >= 4 is 12.2 Å². The molecule has 21 heavy (non-hydrogen) atoms. The minimum absolute atomic E-state index is 0.0523. The van der Waals surface area contributed by atoms with Crippen LogP contribution in [0.2, 0.25) is 0 Å². The van der Waals surface area contributed by atoms with E-state index in [1.807, 2.05) is 6.20 Å². The van der Waals surface area contributed by atoms with Crippen molar-refractivity contribution in [2.75, 3.05) is 6.61 Å². The topological polar surface area (TPSA) is 76.2 Å². The van der Waals surface area contributed by atoms with Crippen molar-refractivity contribution < 1.29 is 9.84 Å². The Bertz CT molecular complexity index is 707. The quantitative estimate of drug-likeness (QED) is 0.762. The number of hydrogen-bond acceptors (Lipinski definition) is 4. The third-order valence-electron chi connectivity index (χ3n) is 3.96. The molecule has 0 radical (unpaired) electrons. The van der Waals surface area contributed by atoms with Crippen molar-refractivity contribution in [3.8, 4) is 11.5 Å². The van der Waals surface area contributed by atoms with Gasteiger partial charge in [-0.05, 0) is 42.4 Å². The third kappa shape index (κ3) is 2.56. The summed E-state index contributed by atoms with van der Waals surface area (Å²) in [4.78, 5) is 3.08. The smallest absolute Gasteiger partial charge is 0.177 e. The number of nitrogens with one attached hydrogen (secondary N) is 1. The Labute approximate surface area is 128 Å². The van der Waals surface area contributed by atoms with E-state index in [-0.39, 0.29) is 17.8 Å². The fourth-order valence-electron chi connectivity index (χ4n) is 2.79. The van der Waals surface area contributed by atoms with E-state index in [0.29, 0.717) is 11.4 Å². The molecule has 2 heterocycles. The van der Waals surface area contributed by atoms with Gasteiger partial charge in [0.1, 0.15) is 18.1 Å². The van der Waals surface area contributed by atoms with Crippen LogP contribution in [0.5, 0.6) is 11.5 Å². The summed E-state index contributed by atoms with van der Waals surface area (Å²) in [5.74, 6) is 1.08. The number of aromatic hydroxyl groups is 1. The first-order valence-electron chi connectivity index (χ1n) is 7.10. The average molecular weight is 305 g/mol. The van der Waals surface area contributed by atoms with Gasteiger partial charge in [-0.1, -0.05) is 6.92 Å². The lowest BCUT2D eigenvalue weighted by Crippen LogP contribution is -2.27. The molecule has 2 atom stereocenters. The highest BCUT2D eigenvalue weighted by atomic mass is 32.1. The van der Waals surface area contributed by atoms with Crippen LogP contribution in [-0.2, 0) is 6.42 Å². The van der Waals surface area contributed by atoms with E-state index in [9.17, 15) is 5.11 Å². The Morgan fingerprint density at radius 1 is 1.57 bits per heavy atom. The van der Waals surface area contributed by atoms with Crippen molar-refractivity contribution in [3.63, 3.8) is 0 Å². The highest BCUT2D eigenvalue weighted by Gasteiger charge is 2.25. The number of benzene rings is 1. The predicted molar refractivity (Wildman–Crippen MR) is 83.2 cm³/mol. The number of imidazole rings is 1. The van der Waals surface area contributed by atoms with Crippen molar-refractivity contribution in [2.24, 2.45) is 5.73 Å². The van der Waals surface area contributed by atoms with E-state index in [4.69, 9.17) is 22.7 Å². The van der Waals surface area contributed by atoms with Crippen molar-refractivity contribution in [3.05, 3.63) is 40.4 Å². The maximum atomic E-state index is 9.63. The molecule has 112 valence electrons. The molecule has 2 unspecified atom stereocenters. The monoisotopic (exact) mass is 305 g/mol. The van der Waals surface area contributed by atoms with Gasteiger partial charge in [0, 0.05) is 18.7 Å². The molecule has 0 fully saturated rings. The standard InChI is InChI=1S/C15H19N3O2S/c1-2-12(16)13-7-17-15(21)18(13)10-5-9-6-11(19)3-4-14(9)20-8-10/h3-4,6-7,10,12,19H,2,5,8,16H2,1H3,(H,17,21). The number of H-pyrrole nitrogens is 1. The van der Waals surface area contributed by atoms with E-state index in [2.05, 4.69) is 16.5 Å². The predicted octanol–water partition coefficient (Wildman–Crippen LogP) is 2.84. The third-order valence-corrected chi connectivity index (χ3v) is 4.27.